The van der Waals surface area contributed by atoms with Crippen LogP contribution >= 0.6 is 0 Å². The molecule has 0 unspecified atom stereocenters. The van der Waals surface area contributed by atoms with Gasteiger partial charge in [-0.2, -0.15) is 0 Å². The highest BCUT2D eigenvalue weighted by molar-refractivity contribution is 6.00. The lowest BCUT2D eigenvalue weighted by Crippen LogP contribution is -2.13. The first-order valence-electron chi connectivity index (χ1n) is 5.47. The van der Waals surface area contributed by atoms with Crippen LogP contribution in [0.5, 0.6) is 0 Å². The number of benzene rings is 1. The molecule has 0 spiro atoms. The van der Waals surface area contributed by atoms with Crippen molar-refractivity contribution in [1.82, 2.24) is 0 Å². The molecule has 0 saturated heterocycles. The van der Waals surface area contributed by atoms with Crippen molar-refractivity contribution in [3.8, 4) is 0 Å². The van der Waals surface area contributed by atoms with E-state index >= 15 is 0 Å². The smallest absolute Gasteiger partial charge is 0.165 e. The Morgan fingerprint density at radius 2 is 1.40 bits per heavy atom. The molecule has 0 heterocycles. The van der Waals surface area contributed by atoms with Crippen LogP contribution in [0.1, 0.15) is 46.5 Å². The molecule has 82 valence electrons. The Labute approximate surface area is 92.5 Å². The summed E-state index contributed by atoms with van der Waals surface area (Å²) in [5.74, 6) is 0.334. The fraction of sp³-hybridized carbons (Fsp3) is 0.500. The Hall–Kier alpha value is -1.11. The zero-order valence-corrected chi connectivity index (χ0v) is 10.6. The van der Waals surface area contributed by atoms with E-state index in [-0.39, 0.29) is 11.7 Å². The first-order valence-corrected chi connectivity index (χ1v) is 5.47. The molecule has 0 fully saturated rings. The summed E-state index contributed by atoms with van der Waals surface area (Å²) in [6, 6.07) is 2.15. The van der Waals surface area contributed by atoms with Gasteiger partial charge in [-0.1, -0.05) is 19.9 Å². The molecular weight excluding hydrogens is 184 g/mol. The van der Waals surface area contributed by atoms with Crippen LogP contribution in [-0.2, 0) is 0 Å². The van der Waals surface area contributed by atoms with Crippen LogP contribution in [-0.4, -0.2) is 5.78 Å². The van der Waals surface area contributed by atoms with Crippen LogP contribution in [0.15, 0.2) is 6.07 Å². The summed E-state index contributed by atoms with van der Waals surface area (Å²) in [6.45, 7) is 12.1. The van der Waals surface area contributed by atoms with Crippen molar-refractivity contribution < 1.29 is 4.79 Å². The Morgan fingerprint density at radius 3 is 1.73 bits per heavy atom. The molecule has 0 aliphatic rings. The Bertz CT molecular complexity index is 374. The van der Waals surface area contributed by atoms with Crippen LogP contribution in [0.25, 0.3) is 0 Å². The zero-order valence-electron chi connectivity index (χ0n) is 10.6. The van der Waals surface area contributed by atoms with E-state index in [4.69, 9.17) is 0 Å². The fourth-order valence-electron chi connectivity index (χ4n) is 1.88. The number of hydrogen-bond acceptors (Lipinski definition) is 1. The Balaban J connectivity index is 3.46. The van der Waals surface area contributed by atoms with E-state index in [0.29, 0.717) is 0 Å². The van der Waals surface area contributed by atoms with Crippen LogP contribution in [0, 0.1) is 33.6 Å². The van der Waals surface area contributed by atoms with Gasteiger partial charge < -0.3 is 0 Å². The summed E-state index contributed by atoms with van der Waals surface area (Å²) in [6.07, 6.45) is 0. The lowest BCUT2D eigenvalue weighted by atomic mass is 9.88. The molecule has 0 aromatic heterocycles. The number of rotatable bonds is 2. The minimum absolute atomic E-state index is 0.0728. The molecule has 0 saturated carbocycles. The van der Waals surface area contributed by atoms with Crippen molar-refractivity contribution in [3.05, 3.63) is 33.9 Å². The lowest BCUT2D eigenvalue weighted by Gasteiger charge is -2.15. The van der Waals surface area contributed by atoms with Gasteiger partial charge in [0.15, 0.2) is 5.78 Å². The van der Waals surface area contributed by atoms with Gasteiger partial charge in [0.1, 0.15) is 0 Å². The van der Waals surface area contributed by atoms with Gasteiger partial charge >= 0.3 is 0 Å². The molecule has 1 aromatic carbocycles. The quantitative estimate of drug-likeness (QED) is 0.670. The second-order valence-corrected chi connectivity index (χ2v) is 4.65. The van der Waals surface area contributed by atoms with Gasteiger partial charge in [-0.25, -0.2) is 0 Å². The van der Waals surface area contributed by atoms with Gasteiger partial charge in [-0.05, 0) is 49.9 Å². The molecule has 15 heavy (non-hydrogen) atoms. The topological polar surface area (TPSA) is 17.1 Å². The summed E-state index contributed by atoms with van der Waals surface area (Å²) in [5, 5.41) is 0. The SMILES string of the molecule is Cc1cc(C)c(C)c(C(=O)C(C)C)c1C. The maximum absolute atomic E-state index is 12.1. The number of carbonyl (C=O) groups is 1. The van der Waals surface area contributed by atoms with E-state index in [1.807, 2.05) is 27.7 Å². The van der Waals surface area contributed by atoms with E-state index in [0.717, 1.165) is 16.7 Å². The van der Waals surface area contributed by atoms with Crippen LogP contribution in [0.3, 0.4) is 0 Å². The predicted molar refractivity (Wildman–Crippen MR) is 64.6 cm³/mol. The van der Waals surface area contributed by atoms with Crippen LogP contribution in [0.4, 0.5) is 0 Å². The second-order valence-electron chi connectivity index (χ2n) is 4.65. The molecular formula is C14H20O. The largest absolute Gasteiger partial charge is 0.294 e. The summed E-state index contributed by atoms with van der Waals surface area (Å²) in [4.78, 5) is 12.1. The molecule has 1 aromatic rings. The Morgan fingerprint density at radius 1 is 1.00 bits per heavy atom. The minimum Gasteiger partial charge on any atom is -0.294 e. The highest BCUT2D eigenvalue weighted by atomic mass is 16.1. The molecule has 1 heteroatoms. The highest BCUT2D eigenvalue weighted by Crippen LogP contribution is 2.24. The first-order chi connectivity index (χ1) is 6.86. The minimum atomic E-state index is 0.0728. The Kier molecular flexibility index (Phi) is 3.33. The lowest BCUT2D eigenvalue weighted by molar-refractivity contribution is 0.0938. The summed E-state index contributed by atoms with van der Waals surface area (Å²) < 4.78 is 0. The molecule has 1 nitrogen and oxygen atoms in total. The summed E-state index contributed by atoms with van der Waals surface area (Å²) >= 11 is 0. The highest BCUT2D eigenvalue weighted by Gasteiger charge is 2.17. The molecule has 0 radical (unpaired) electrons. The van der Waals surface area contributed by atoms with Gasteiger partial charge in [0, 0.05) is 11.5 Å². The summed E-state index contributed by atoms with van der Waals surface area (Å²) in [5.41, 5.74) is 5.63. The molecule has 0 aliphatic carbocycles. The van der Waals surface area contributed by atoms with Crippen molar-refractivity contribution in [2.24, 2.45) is 5.92 Å². The molecule has 0 N–H and O–H groups in total. The van der Waals surface area contributed by atoms with Crippen molar-refractivity contribution in [2.45, 2.75) is 41.5 Å². The average molecular weight is 204 g/mol. The van der Waals surface area contributed by atoms with E-state index in [2.05, 4.69) is 19.9 Å². The first kappa shape index (κ1) is 12.0. The fourth-order valence-corrected chi connectivity index (χ4v) is 1.88. The number of ketones is 1. The van der Waals surface area contributed by atoms with E-state index in [1.54, 1.807) is 0 Å². The predicted octanol–water partition coefficient (Wildman–Crippen LogP) is 3.76. The van der Waals surface area contributed by atoms with Gasteiger partial charge in [0.05, 0.1) is 0 Å². The third-order valence-electron chi connectivity index (χ3n) is 3.14. The van der Waals surface area contributed by atoms with Gasteiger partial charge in [0.25, 0.3) is 0 Å². The number of Topliss-reactive ketones (excluding diaryl/α,β-unsaturated/α-hetero) is 1. The van der Waals surface area contributed by atoms with E-state index in [1.165, 1.54) is 11.1 Å². The van der Waals surface area contributed by atoms with E-state index < -0.39 is 0 Å². The standard InChI is InChI=1S/C14H20O/c1-8(2)14(15)13-11(5)9(3)7-10(4)12(13)6/h7-8H,1-6H3. The number of carbonyl (C=O) groups excluding carboxylic acids is 1. The average Bonchev–Trinajstić information content (AvgIpc) is 2.15. The maximum Gasteiger partial charge on any atom is 0.165 e. The van der Waals surface area contributed by atoms with Crippen molar-refractivity contribution in [1.29, 1.82) is 0 Å². The van der Waals surface area contributed by atoms with Gasteiger partial charge in [-0.15, -0.1) is 0 Å². The molecule has 0 atom stereocenters. The third kappa shape index (κ3) is 2.11. The second kappa shape index (κ2) is 4.18. The van der Waals surface area contributed by atoms with Gasteiger partial charge in [-0.3, -0.25) is 4.79 Å². The zero-order chi connectivity index (χ0) is 11.7. The van der Waals surface area contributed by atoms with Crippen LogP contribution < -0.4 is 0 Å². The third-order valence-corrected chi connectivity index (χ3v) is 3.14. The number of aryl methyl sites for hydroxylation is 2. The van der Waals surface area contributed by atoms with Gasteiger partial charge in [0.2, 0.25) is 0 Å². The molecule has 0 amide bonds. The normalized spacial score (nSPS) is 10.9. The van der Waals surface area contributed by atoms with E-state index in [9.17, 15) is 4.79 Å². The maximum atomic E-state index is 12.1. The van der Waals surface area contributed by atoms with Crippen LogP contribution in [0.2, 0.25) is 0 Å². The monoisotopic (exact) mass is 204 g/mol. The molecule has 0 bridgehead atoms. The number of hydrogen-bond donors (Lipinski definition) is 0. The van der Waals surface area contributed by atoms with Crippen molar-refractivity contribution in [2.75, 3.05) is 0 Å². The molecule has 1 rings (SSSR count). The molecule has 0 aliphatic heterocycles. The van der Waals surface area contributed by atoms with Crippen molar-refractivity contribution in [3.63, 3.8) is 0 Å². The summed E-state index contributed by atoms with van der Waals surface area (Å²) in [7, 11) is 0. The van der Waals surface area contributed by atoms with Crippen molar-refractivity contribution >= 4 is 5.78 Å².